The largest absolute Gasteiger partial charge is 0.0923 e. The monoisotopic (exact) mass is 85.0 g/mol. The van der Waals surface area contributed by atoms with Crippen molar-refractivity contribution in [1.29, 1.82) is 0 Å². The topological polar surface area (TPSA) is 0 Å². The molecule has 29 valence electrons. The van der Waals surface area contributed by atoms with Gasteiger partial charge < -0.3 is 0 Å². The summed E-state index contributed by atoms with van der Waals surface area (Å²) >= 11 is 0. The molecule has 0 bridgehead atoms. The quantitative estimate of drug-likeness (QED) is 0.323. The fourth-order valence-electron chi connectivity index (χ4n) is 0.167. The smallest absolute Gasteiger partial charge is 0.0130 e. The van der Waals surface area contributed by atoms with E-state index in [1.807, 2.05) is 17.2 Å². The maximum Gasteiger partial charge on any atom is 0.0130 e. The number of hydrogen-bond acceptors (Lipinski definition) is 0. The van der Waals surface area contributed by atoms with Gasteiger partial charge in [0.25, 0.3) is 0 Å². The molecule has 0 unspecified atom stereocenters. The molecule has 5 heavy (non-hydrogen) atoms. The summed E-state index contributed by atoms with van der Waals surface area (Å²) < 4.78 is 0. The van der Waals surface area contributed by atoms with Gasteiger partial charge in [0.1, 0.15) is 0 Å². The lowest BCUT2D eigenvalue weighted by molar-refractivity contribution is 1.63. The van der Waals surface area contributed by atoms with Crippen molar-refractivity contribution >= 4 is 10.2 Å². The number of allylic oxidation sites excluding steroid dienone is 2. The first-order chi connectivity index (χ1) is 2.41. The summed E-state index contributed by atoms with van der Waals surface area (Å²) in [7, 11) is 1.96. The second-order valence-corrected chi connectivity index (χ2v) is 1.44. The Morgan fingerprint density at radius 2 is 2.40 bits per heavy atom. The van der Waals surface area contributed by atoms with Crippen LogP contribution < -0.4 is 0 Å². The van der Waals surface area contributed by atoms with E-state index in [0.29, 0.717) is 0 Å². The maximum absolute atomic E-state index is 2.14. The third kappa shape index (κ3) is 3.96. The van der Waals surface area contributed by atoms with E-state index in [2.05, 4.69) is 12.2 Å². The average Bonchev–Trinajstić information content (AvgIpc) is 1.41. The fraction of sp³-hybridized carbons (Fsp3) is 0.500. The molecule has 0 amide bonds. The van der Waals surface area contributed by atoms with E-state index in [4.69, 9.17) is 0 Å². The third-order valence-electron chi connectivity index (χ3n) is 0.402. The lowest BCUT2D eigenvalue weighted by Crippen LogP contribution is -1.51. The van der Waals surface area contributed by atoms with E-state index < -0.39 is 0 Å². The fourth-order valence-corrected chi connectivity index (χ4v) is 0.500. The van der Waals surface area contributed by atoms with Crippen LogP contribution >= 0.6 is 0 Å². The van der Waals surface area contributed by atoms with Crippen LogP contribution in [0.15, 0.2) is 12.2 Å². The van der Waals surface area contributed by atoms with Crippen LogP contribution in [0, 0.1) is 0 Å². The summed E-state index contributed by atoms with van der Waals surface area (Å²) in [6.07, 6.45) is 4.20. The van der Waals surface area contributed by atoms with Crippen molar-refractivity contribution in [3.8, 4) is 0 Å². The molecule has 0 atom stereocenters. The Balaban J connectivity index is 2.62. The van der Waals surface area contributed by atoms with Gasteiger partial charge in [-0.3, -0.25) is 0 Å². The normalized spacial score (nSPS) is 10.0. The van der Waals surface area contributed by atoms with Crippen LogP contribution in [-0.4, -0.2) is 10.2 Å². The lowest BCUT2D eigenvalue weighted by Gasteiger charge is -1.64. The Morgan fingerprint density at radius 3 is 2.40 bits per heavy atom. The molecule has 0 aromatic carbocycles. The van der Waals surface area contributed by atoms with Gasteiger partial charge in [-0.05, 0) is 13.0 Å². The van der Waals surface area contributed by atoms with Crippen LogP contribution in [0.25, 0.3) is 0 Å². The zero-order chi connectivity index (χ0) is 4.12. The molecule has 0 rings (SSSR count). The highest BCUT2D eigenvalue weighted by Gasteiger charge is 1.52. The van der Waals surface area contributed by atoms with Crippen molar-refractivity contribution in [2.24, 2.45) is 0 Å². The molecule has 0 N–H and O–H groups in total. The zero-order valence-electron chi connectivity index (χ0n) is 3.57. The van der Waals surface area contributed by atoms with Gasteiger partial charge in [0.05, 0.1) is 0 Å². The minimum atomic E-state index is 1.19. The highest BCUT2D eigenvalue weighted by molar-refractivity contribution is 6.09. The second kappa shape index (κ2) is 3.96. The van der Waals surface area contributed by atoms with Gasteiger partial charge in [-0.15, -0.1) is 0 Å². The molecule has 0 aliphatic carbocycles. The molecular weight excluding hydrogens is 76.1 g/mol. The summed E-state index contributed by atoms with van der Waals surface area (Å²) in [5.74, 6) is 0. The van der Waals surface area contributed by atoms with Crippen molar-refractivity contribution in [3.63, 3.8) is 0 Å². The van der Waals surface area contributed by atoms with E-state index in [0.717, 1.165) is 0 Å². The van der Waals surface area contributed by atoms with Crippen LogP contribution in [0.5, 0.6) is 0 Å². The summed E-state index contributed by atoms with van der Waals surface area (Å²) in [6.45, 7) is 2.04. The molecule has 0 saturated heterocycles. The highest BCUT2D eigenvalue weighted by atomic mass is 28.1. The summed E-state index contributed by atoms with van der Waals surface area (Å²) in [4.78, 5) is 0. The molecule has 0 aromatic heterocycles. The molecule has 0 nitrogen and oxygen atoms in total. The Kier molecular flexibility index (Phi) is 3.92. The molecule has 0 spiro atoms. The molecule has 0 aliphatic heterocycles. The van der Waals surface area contributed by atoms with E-state index in [1.165, 1.54) is 6.04 Å². The van der Waals surface area contributed by atoms with Crippen LogP contribution in [0.1, 0.15) is 6.92 Å². The van der Waals surface area contributed by atoms with Crippen molar-refractivity contribution in [1.82, 2.24) is 0 Å². The number of rotatable bonds is 1. The molecule has 1 radical (unpaired) electrons. The van der Waals surface area contributed by atoms with Crippen LogP contribution in [0.3, 0.4) is 0 Å². The minimum Gasteiger partial charge on any atom is -0.0923 e. The summed E-state index contributed by atoms with van der Waals surface area (Å²) in [5.41, 5.74) is 0. The summed E-state index contributed by atoms with van der Waals surface area (Å²) in [5, 5.41) is 0. The molecule has 0 fully saturated rings. The first-order valence-electron chi connectivity index (χ1n) is 1.82. The Morgan fingerprint density at radius 1 is 1.80 bits per heavy atom. The van der Waals surface area contributed by atoms with Gasteiger partial charge in [0.15, 0.2) is 0 Å². The van der Waals surface area contributed by atoms with Crippen LogP contribution in [-0.2, 0) is 0 Å². The zero-order valence-corrected chi connectivity index (χ0v) is 4.98. The van der Waals surface area contributed by atoms with Crippen molar-refractivity contribution in [2.45, 2.75) is 13.0 Å². The predicted octanol–water partition coefficient (Wildman–Crippen LogP) is 0.614. The predicted molar refractivity (Wildman–Crippen MR) is 28.2 cm³/mol. The maximum atomic E-state index is 2.14. The summed E-state index contributed by atoms with van der Waals surface area (Å²) in [6, 6.07) is 1.19. The SMILES string of the molecule is CC=CC[SiH2]. The molecule has 0 aromatic rings. The van der Waals surface area contributed by atoms with Gasteiger partial charge in [0, 0.05) is 10.2 Å². The molecular formula is C4H9Si. The Hall–Kier alpha value is -0.0431. The van der Waals surface area contributed by atoms with Gasteiger partial charge >= 0.3 is 0 Å². The van der Waals surface area contributed by atoms with Crippen LogP contribution in [0.2, 0.25) is 6.04 Å². The highest BCUT2D eigenvalue weighted by Crippen LogP contribution is 1.70. The third-order valence-corrected chi connectivity index (χ3v) is 0.736. The van der Waals surface area contributed by atoms with Crippen LogP contribution in [0.4, 0.5) is 0 Å². The second-order valence-electron chi connectivity index (χ2n) is 0.858. The lowest BCUT2D eigenvalue weighted by atomic mass is 10.6. The van der Waals surface area contributed by atoms with Gasteiger partial charge in [-0.1, -0.05) is 12.2 Å². The first-order valence-corrected chi connectivity index (χ1v) is 2.82. The molecule has 0 heterocycles. The van der Waals surface area contributed by atoms with Gasteiger partial charge in [-0.2, -0.15) is 0 Å². The van der Waals surface area contributed by atoms with Crippen molar-refractivity contribution in [2.75, 3.05) is 0 Å². The Labute approximate surface area is 36.3 Å². The van der Waals surface area contributed by atoms with Gasteiger partial charge in [0.2, 0.25) is 0 Å². The number of hydrogen-bond donors (Lipinski definition) is 0. The average molecular weight is 85.2 g/mol. The van der Waals surface area contributed by atoms with E-state index in [9.17, 15) is 0 Å². The minimum absolute atomic E-state index is 1.19. The van der Waals surface area contributed by atoms with Crippen molar-refractivity contribution in [3.05, 3.63) is 12.2 Å². The molecule has 0 aliphatic rings. The standard InChI is InChI=1S/C4H9Si/c1-2-3-4-5/h2-3H,4-5H2,1H3. The van der Waals surface area contributed by atoms with E-state index in [-0.39, 0.29) is 0 Å². The first kappa shape index (κ1) is 4.96. The van der Waals surface area contributed by atoms with Gasteiger partial charge in [-0.25, -0.2) is 0 Å². The Bertz CT molecular complexity index is 30.6. The van der Waals surface area contributed by atoms with E-state index in [1.54, 1.807) is 0 Å². The molecule has 1 heteroatoms. The van der Waals surface area contributed by atoms with E-state index >= 15 is 0 Å². The van der Waals surface area contributed by atoms with Crippen molar-refractivity contribution < 1.29 is 0 Å². The molecule has 0 saturated carbocycles.